The maximum absolute atomic E-state index is 12.4. The molecule has 2 aromatic heterocycles. The highest BCUT2D eigenvalue weighted by Crippen LogP contribution is 2.14. The van der Waals surface area contributed by atoms with Crippen molar-refractivity contribution in [2.75, 3.05) is 0 Å². The molecule has 0 radical (unpaired) electrons. The van der Waals surface area contributed by atoms with Crippen molar-refractivity contribution in [2.24, 2.45) is 0 Å². The number of hydrogen-bond donors (Lipinski definition) is 1. The second-order valence-electron chi connectivity index (χ2n) is 4.47. The fraction of sp³-hybridized carbons (Fsp3) is 0.583. The van der Waals surface area contributed by atoms with Crippen molar-refractivity contribution in [3.63, 3.8) is 0 Å². The molecular formula is C12H17ClN4O2. The third-order valence-corrected chi connectivity index (χ3v) is 3.31. The van der Waals surface area contributed by atoms with Crippen LogP contribution < -0.4 is 11.2 Å². The zero-order valence-corrected chi connectivity index (χ0v) is 11.8. The van der Waals surface area contributed by atoms with E-state index in [2.05, 4.69) is 9.97 Å². The highest BCUT2D eigenvalue weighted by molar-refractivity contribution is 6.29. The monoisotopic (exact) mass is 284 g/mol. The van der Waals surface area contributed by atoms with E-state index in [1.54, 1.807) is 4.57 Å². The van der Waals surface area contributed by atoms with Gasteiger partial charge >= 0.3 is 5.69 Å². The minimum atomic E-state index is -0.427. The first-order valence-corrected chi connectivity index (χ1v) is 6.86. The molecule has 0 aliphatic heterocycles. The number of unbranched alkanes of at least 4 members (excludes halogenated alkanes) is 1. The molecular weight excluding hydrogens is 268 g/mol. The molecule has 0 spiro atoms. The summed E-state index contributed by atoms with van der Waals surface area (Å²) in [5.41, 5.74) is -0.104. The molecule has 0 saturated carbocycles. The number of fused-ring (bicyclic) bond motifs is 1. The normalized spacial score (nSPS) is 11.3. The SMILES string of the molecule is CCCCn1c(=O)[nH]c2nc(Cl)n(CCC)c2c1=O. The van der Waals surface area contributed by atoms with E-state index in [0.29, 0.717) is 18.6 Å². The van der Waals surface area contributed by atoms with Crippen LogP contribution in [0.3, 0.4) is 0 Å². The van der Waals surface area contributed by atoms with Gasteiger partial charge in [-0.2, -0.15) is 4.98 Å². The van der Waals surface area contributed by atoms with Crippen molar-refractivity contribution >= 4 is 22.8 Å². The van der Waals surface area contributed by atoms with Crippen molar-refractivity contribution in [1.82, 2.24) is 19.1 Å². The lowest BCUT2D eigenvalue weighted by Gasteiger charge is -2.05. The molecule has 2 heterocycles. The topological polar surface area (TPSA) is 72.7 Å². The van der Waals surface area contributed by atoms with Gasteiger partial charge in [0, 0.05) is 13.1 Å². The number of aryl methyl sites for hydroxylation is 1. The molecule has 6 nitrogen and oxygen atoms in total. The molecule has 2 aromatic rings. The van der Waals surface area contributed by atoms with Crippen LogP contribution in [0.5, 0.6) is 0 Å². The van der Waals surface area contributed by atoms with E-state index < -0.39 is 5.69 Å². The van der Waals surface area contributed by atoms with Crippen LogP contribution in [0.1, 0.15) is 33.1 Å². The minimum Gasteiger partial charge on any atom is -0.309 e. The number of aromatic nitrogens is 4. The Labute approximate surface area is 115 Å². The standard InChI is InChI=1S/C12H17ClN4O2/c1-3-5-7-17-10(18)8-9(15-12(17)19)14-11(13)16(8)6-4-2/h3-7H2,1-2H3,(H,15,19). The highest BCUT2D eigenvalue weighted by Gasteiger charge is 2.15. The van der Waals surface area contributed by atoms with Gasteiger partial charge < -0.3 is 4.57 Å². The van der Waals surface area contributed by atoms with E-state index in [0.717, 1.165) is 19.3 Å². The predicted octanol–water partition coefficient (Wildman–Crippen LogP) is 1.75. The zero-order chi connectivity index (χ0) is 14.0. The summed E-state index contributed by atoms with van der Waals surface area (Å²) in [6.07, 6.45) is 2.53. The number of halogens is 1. The Kier molecular flexibility index (Phi) is 4.09. The second kappa shape index (κ2) is 5.61. The Morgan fingerprint density at radius 2 is 1.89 bits per heavy atom. The average molecular weight is 285 g/mol. The smallest absolute Gasteiger partial charge is 0.309 e. The molecule has 1 N–H and O–H groups in total. The Hall–Kier alpha value is -1.56. The van der Waals surface area contributed by atoms with Crippen LogP contribution in [0.15, 0.2) is 9.59 Å². The van der Waals surface area contributed by atoms with E-state index in [1.165, 1.54) is 4.57 Å². The van der Waals surface area contributed by atoms with Crippen LogP contribution in [0, 0.1) is 0 Å². The van der Waals surface area contributed by atoms with Gasteiger partial charge in [-0.15, -0.1) is 0 Å². The summed E-state index contributed by atoms with van der Waals surface area (Å²) in [7, 11) is 0. The molecule has 2 rings (SSSR count). The van der Waals surface area contributed by atoms with Crippen molar-refractivity contribution in [2.45, 2.75) is 46.2 Å². The van der Waals surface area contributed by atoms with Gasteiger partial charge in [-0.05, 0) is 24.4 Å². The molecule has 0 aliphatic carbocycles. The first kappa shape index (κ1) is 13.9. The summed E-state index contributed by atoms with van der Waals surface area (Å²) in [6, 6.07) is 0. The van der Waals surface area contributed by atoms with Crippen molar-refractivity contribution in [3.05, 3.63) is 26.1 Å². The van der Waals surface area contributed by atoms with E-state index in [4.69, 9.17) is 11.6 Å². The van der Waals surface area contributed by atoms with Crippen molar-refractivity contribution < 1.29 is 0 Å². The number of imidazole rings is 1. The summed E-state index contributed by atoms with van der Waals surface area (Å²) in [5.74, 6) is 0. The first-order chi connectivity index (χ1) is 9.10. The van der Waals surface area contributed by atoms with Gasteiger partial charge in [0.1, 0.15) is 0 Å². The molecule has 0 aliphatic rings. The van der Waals surface area contributed by atoms with Crippen LogP contribution in [-0.4, -0.2) is 19.1 Å². The van der Waals surface area contributed by atoms with Gasteiger partial charge in [0.25, 0.3) is 5.56 Å². The predicted molar refractivity (Wildman–Crippen MR) is 74.8 cm³/mol. The fourth-order valence-electron chi connectivity index (χ4n) is 2.07. The van der Waals surface area contributed by atoms with Crippen LogP contribution in [0.4, 0.5) is 0 Å². The van der Waals surface area contributed by atoms with Crippen molar-refractivity contribution in [3.8, 4) is 0 Å². The Morgan fingerprint density at radius 1 is 1.16 bits per heavy atom. The third kappa shape index (κ3) is 2.45. The van der Waals surface area contributed by atoms with Gasteiger partial charge in [-0.3, -0.25) is 14.3 Å². The van der Waals surface area contributed by atoms with Gasteiger partial charge in [0.2, 0.25) is 5.28 Å². The molecule has 0 unspecified atom stereocenters. The van der Waals surface area contributed by atoms with Gasteiger partial charge in [0.15, 0.2) is 11.2 Å². The summed E-state index contributed by atoms with van der Waals surface area (Å²) < 4.78 is 2.87. The molecule has 0 bridgehead atoms. The lowest BCUT2D eigenvalue weighted by Crippen LogP contribution is -2.35. The Balaban J connectivity index is 2.70. The summed E-state index contributed by atoms with van der Waals surface area (Å²) >= 11 is 6.01. The van der Waals surface area contributed by atoms with Gasteiger partial charge in [-0.1, -0.05) is 20.3 Å². The van der Waals surface area contributed by atoms with E-state index in [-0.39, 0.29) is 16.5 Å². The number of aromatic amines is 1. The zero-order valence-electron chi connectivity index (χ0n) is 11.1. The van der Waals surface area contributed by atoms with Crippen LogP contribution in [0.25, 0.3) is 11.2 Å². The highest BCUT2D eigenvalue weighted by atomic mass is 35.5. The minimum absolute atomic E-state index is 0.234. The van der Waals surface area contributed by atoms with E-state index >= 15 is 0 Å². The number of nitrogens with zero attached hydrogens (tertiary/aromatic N) is 3. The third-order valence-electron chi connectivity index (χ3n) is 3.02. The quantitative estimate of drug-likeness (QED) is 0.850. The molecule has 7 heteroatoms. The molecule has 0 saturated heterocycles. The summed E-state index contributed by atoms with van der Waals surface area (Å²) in [6.45, 7) is 5.01. The van der Waals surface area contributed by atoms with Crippen molar-refractivity contribution in [1.29, 1.82) is 0 Å². The molecule has 0 fully saturated rings. The summed E-state index contributed by atoms with van der Waals surface area (Å²) in [5, 5.41) is 0.234. The molecule has 104 valence electrons. The van der Waals surface area contributed by atoms with Crippen LogP contribution >= 0.6 is 11.6 Å². The fourth-order valence-corrected chi connectivity index (χ4v) is 2.32. The number of rotatable bonds is 5. The Bertz CT molecular complexity index is 698. The lowest BCUT2D eigenvalue weighted by molar-refractivity contribution is 0.585. The Morgan fingerprint density at radius 3 is 2.53 bits per heavy atom. The second-order valence-corrected chi connectivity index (χ2v) is 4.81. The number of nitrogens with one attached hydrogen (secondary N) is 1. The maximum Gasteiger partial charge on any atom is 0.330 e. The molecule has 19 heavy (non-hydrogen) atoms. The molecule has 0 amide bonds. The molecule has 0 aromatic carbocycles. The molecule has 0 atom stereocenters. The van der Waals surface area contributed by atoms with E-state index in [1.807, 2.05) is 13.8 Å². The largest absolute Gasteiger partial charge is 0.330 e. The van der Waals surface area contributed by atoms with Gasteiger partial charge in [0.05, 0.1) is 0 Å². The number of hydrogen-bond acceptors (Lipinski definition) is 3. The lowest BCUT2D eigenvalue weighted by atomic mass is 10.3. The summed E-state index contributed by atoms with van der Waals surface area (Å²) in [4.78, 5) is 30.9. The first-order valence-electron chi connectivity index (χ1n) is 6.49. The van der Waals surface area contributed by atoms with Crippen LogP contribution in [0.2, 0.25) is 5.28 Å². The maximum atomic E-state index is 12.4. The van der Waals surface area contributed by atoms with Crippen LogP contribution in [-0.2, 0) is 13.1 Å². The van der Waals surface area contributed by atoms with Gasteiger partial charge in [-0.25, -0.2) is 4.79 Å². The van der Waals surface area contributed by atoms with E-state index in [9.17, 15) is 9.59 Å². The number of H-pyrrole nitrogens is 1. The average Bonchev–Trinajstić information content (AvgIpc) is 2.66.